The van der Waals surface area contributed by atoms with Gasteiger partial charge in [0, 0.05) is 45.8 Å². The predicted molar refractivity (Wildman–Crippen MR) is 168 cm³/mol. The second-order valence-electron chi connectivity index (χ2n) is 11.2. The number of ether oxygens (including phenoxy) is 2. The number of rotatable bonds is 12. The standard InChI is InChI=1S/C30H37BrF2N6O5S/c1-43-14-13-38-16-23(20-7-8-24(32)25(33)15-20)26(17-38)34-30(40)35-29-28(31)27(36-39(29)21-5-3-2-4-6-21)18-44-22-9-11-37(12-10-22)19-45(41)42/h2-8,15,22-23,26H,9-14,16-19H2,1H3,(H,41,42)(H2,34,35,40)/p-1/t23-,26+/m0/s1. The maximum absolute atomic E-state index is 14.1. The maximum atomic E-state index is 14.1. The van der Waals surface area contributed by atoms with Gasteiger partial charge in [-0.25, -0.2) is 18.3 Å². The molecular weight excluding hydrogens is 674 g/mol. The number of nitrogens with one attached hydrogen (secondary N) is 2. The number of carbonyl (C=O) groups excluding carboxylic acids is 1. The molecule has 2 fully saturated rings. The fourth-order valence-electron chi connectivity index (χ4n) is 5.78. The molecule has 0 radical (unpaired) electrons. The van der Waals surface area contributed by atoms with E-state index in [1.807, 2.05) is 35.2 Å². The van der Waals surface area contributed by atoms with Crippen LogP contribution in [0.25, 0.3) is 5.69 Å². The number of piperidine rings is 1. The summed E-state index contributed by atoms with van der Waals surface area (Å²) >= 11 is 1.51. The number of hydrogen-bond donors (Lipinski definition) is 2. The Morgan fingerprint density at radius 2 is 1.87 bits per heavy atom. The molecule has 0 aliphatic carbocycles. The van der Waals surface area contributed by atoms with Crippen molar-refractivity contribution < 1.29 is 31.8 Å². The van der Waals surface area contributed by atoms with Crippen LogP contribution in [0.5, 0.6) is 0 Å². The molecule has 45 heavy (non-hydrogen) atoms. The van der Waals surface area contributed by atoms with E-state index in [0.717, 1.165) is 11.8 Å². The lowest BCUT2D eigenvalue weighted by molar-refractivity contribution is -0.001000. The smallest absolute Gasteiger partial charge is 0.320 e. The number of benzene rings is 2. The van der Waals surface area contributed by atoms with Crippen LogP contribution in [0.15, 0.2) is 53.0 Å². The number of halogens is 3. The number of hydrogen-bond acceptors (Lipinski definition) is 8. The number of nitrogens with zero attached hydrogens (tertiary/aromatic N) is 4. The fraction of sp³-hybridized carbons (Fsp3) is 0.467. The Morgan fingerprint density at radius 3 is 2.56 bits per heavy atom. The zero-order chi connectivity index (χ0) is 31.9. The maximum Gasteiger partial charge on any atom is 0.320 e. The number of aromatic nitrogens is 2. The monoisotopic (exact) mass is 709 g/mol. The highest BCUT2D eigenvalue weighted by molar-refractivity contribution is 9.10. The van der Waals surface area contributed by atoms with Gasteiger partial charge in [0.1, 0.15) is 5.69 Å². The van der Waals surface area contributed by atoms with Crippen LogP contribution in [0, 0.1) is 11.6 Å². The van der Waals surface area contributed by atoms with Crippen LogP contribution in [-0.2, 0) is 27.2 Å². The first-order valence-corrected chi connectivity index (χ1v) is 16.7. The Balaban J connectivity index is 1.30. The van der Waals surface area contributed by atoms with Crippen molar-refractivity contribution in [2.75, 3.05) is 57.6 Å². The van der Waals surface area contributed by atoms with Crippen molar-refractivity contribution in [3.8, 4) is 5.69 Å². The second kappa shape index (κ2) is 15.7. The average molecular weight is 711 g/mol. The van der Waals surface area contributed by atoms with E-state index < -0.39 is 28.7 Å². The molecule has 2 aliphatic rings. The van der Waals surface area contributed by atoms with Crippen LogP contribution in [0.4, 0.5) is 19.4 Å². The van der Waals surface area contributed by atoms with Crippen LogP contribution >= 0.6 is 15.9 Å². The molecule has 2 saturated heterocycles. The lowest BCUT2D eigenvalue weighted by atomic mass is 9.94. The predicted octanol–water partition coefficient (Wildman–Crippen LogP) is 3.97. The first-order chi connectivity index (χ1) is 21.7. The number of methoxy groups -OCH3 is 1. The van der Waals surface area contributed by atoms with E-state index in [-0.39, 0.29) is 30.5 Å². The molecule has 2 aliphatic heterocycles. The molecule has 5 rings (SSSR count). The molecule has 1 aromatic heterocycles. The molecule has 2 amide bonds. The van der Waals surface area contributed by atoms with E-state index in [1.165, 1.54) is 6.07 Å². The first kappa shape index (κ1) is 33.6. The Kier molecular flexibility index (Phi) is 11.7. The number of anilines is 1. The fourth-order valence-corrected chi connectivity index (χ4v) is 6.80. The normalized spacial score (nSPS) is 20.4. The molecule has 15 heteroatoms. The zero-order valence-electron chi connectivity index (χ0n) is 24.8. The number of amides is 2. The summed E-state index contributed by atoms with van der Waals surface area (Å²) in [7, 11) is 1.61. The molecule has 2 aromatic carbocycles. The van der Waals surface area contributed by atoms with Gasteiger partial charge in [-0.3, -0.25) is 19.3 Å². The van der Waals surface area contributed by atoms with Crippen molar-refractivity contribution in [1.29, 1.82) is 0 Å². The van der Waals surface area contributed by atoms with Gasteiger partial charge >= 0.3 is 6.03 Å². The van der Waals surface area contributed by atoms with E-state index >= 15 is 0 Å². The first-order valence-electron chi connectivity index (χ1n) is 14.7. The lowest BCUT2D eigenvalue weighted by Gasteiger charge is -2.32. The summed E-state index contributed by atoms with van der Waals surface area (Å²) in [5.74, 6) is -1.69. The van der Waals surface area contributed by atoms with E-state index in [1.54, 1.807) is 17.9 Å². The van der Waals surface area contributed by atoms with Gasteiger partial charge in [0.25, 0.3) is 0 Å². The zero-order valence-corrected chi connectivity index (χ0v) is 27.2. The highest BCUT2D eigenvalue weighted by Gasteiger charge is 2.35. The van der Waals surface area contributed by atoms with Gasteiger partial charge in [0.05, 0.1) is 41.4 Å². The molecule has 244 valence electrons. The quantitative estimate of drug-likeness (QED) is 0.271. The summed E-state index contributed by atoms with van der Waals surface area (Å²) in [5, 5.41) is 10.7. The van der Waals surface area contributed by atoms with E-state index in [2.05, 4.69) is 31.5 Å². The summed E-state index contributed by atoms with van der Waals surface area (Å²) in [5.41, 5.74) is 1.91. The van der Waals surface area contributed by atoms with Gasteiger partial charge < -0.3 is 19.3 Å². The Bertz CT molecular complexity index is 1480. The van der Waals surface area contributed by atoms with Gasteiger partial charge in [-0.15, -0.1) is 0 Å². The lowest BCUT2D eigenvalue weighted by Crippen LogP contribution is -2.42. The highest BCUT2D eigenvalue weighted by Crippen LogP contribution is 2.32. The molecule has 3 aromatic rings. The van der Waals surface area contributed by atoms with Crippen LogP contribution in [0.1, 0.15) is 30.0 Å². The summed E-state index contributed by atoms with van der Waals surface area (Å²) in [6, 6.07) is 12.3. The topological polar surface area (TPSA) is 124 Å². The SMILES string of the molecule is COCCN1C[C@@H](NC(=O)Nc2c(Br)c(COC3CCN(CS(=O)[O-])CC3)nn2-c2ccccc2)[C@H](c2ccc(F)c(F)c2)C1. The summed E-state index contributed by atoms with van der Waals surface area (Å²) < 4.78 is 63.4. The summed E-state index contributed by atoms with van der Waals surface area (Å²) in [6.07, 6.45) is 1.35. The van der Waals surface area contributed by atoms with Crippen molar-refractivity contribution >= 4 is 38.9 Å². The molecular formula is C30H36BrF2N6O5S-. The van der Waals surface area contributed by atoms with Crippen molar-refractivity contribution in [2.24, 2.45) is 0 Å². The minimum atomic E-state index is -2.11. The largest absolute Gasteiger partial charge is 0.771 e. The number of urea groups is 1. The molecule has 3 atom stereocenters. The number of carbonyl (C=O) groups is 1. The summed E-state index contributed by atoms with van der Waals surface area (Å²) in [6.45, 7) is 3.61. The van der Waals surface area contributed by atoms with E-state index in [9.17, 15) is 22.3 Å². The number of para-hydroxylation sites is 1. The van der Waals surface area contributed by atoms with Crippen molar-refractivity contribution in [2.45, 2.75) is 37.5 Å². The van der Waals surface area contributed by atoms with Gasteiger partial charge in [0.2, 0.25) is 0 Å². The Hall–Kier alpha value is -2.79. The Morgan fingerprint density at radius 1 is 1.11 bits per heavy atom. The van der Waals surface area contributed by atoms with Crippen LogP contribution in [-0.4, -0.2) is 98.8 Å². The molecule has 0 bridgehead atoms. The van der Waals surface area contributed by atoms with Crippen LogP contribution in [0.3, 0.4) is 0 Å². The van der Waals surface area contributed by atoms with Crippen molar-refractivity contribution in [3.05, 3.63) is 75.9 Å². The van der Waals surface area contributed by atoms with Gasteiger partial charge in [-0.2, -0.15) is 5.10 Å². The van der Waals surface area contributed by atoms with Crippen molar-refractivity contribution in [3.63, 3.8) is 0 Å². The summed E-state index contributed by atoms with van der Waals surface area (Å²) in [4.78, 5) is 17.5. The second-order valence-corrected chi connectivity index (χ2v) is 12.8. The van der Waals surface area contributed by atoms with Crippen LogP contribution < -0.4 is 10.6 Å². The van der Waals surface area contributed by atoms with Gasteiger partial charge in [0.15, 0.2) is 17.5 Å². The third-order valence-corrected chi connectivity index (χ3v) is 9.51. The van der Waals surface area contributed by atoms with E-state index in [0.29, 0.717) is 73.7 Å². The molecule has 1 unspecified atom stereocenters. The molecule has 3 heterocycles. The molecule has 0 saturated carbocycles. The Labute approximate surface area is 271 Å². The molecule has 2 N–H and O–H groups in total. The highest BCUT2D eigenvalue weighted by atomic mass is 79.9. The van der Waals surface area contributed by atoms with Crippen molar-refractivity contribution in [1.82, 2.24) is 24.9 Å². The number of likely N-dealkylation sites (tertiary alicyclic amines) is 2. The van der Waals surface area contributed by atoms with Gasteiger partial charge in [-0.1, -0.05) is 24.3 Å². The minimum Gasteiger partial charge on any atom is -0.771 e. The average Bonchev–Trinajstić information content (AvgIpc) is 3.57. The molecule has 11 nitrogen and oxygen atoms in total. The van der Waals surface area contributed by atoms with Gasteiger partial charge in [-0.05, 0) is 69.7 Å². The van der Waals surface area contributed by atoms with E-state index in [4.69, 9.17) is 14.6 Å². The van der Waals surface area contributed by atoms with Crippen LogP contribution in [0.2, 0.25) is 0 Å². The minimum absolute atomic E-state index is 0.0183. The third-order valence-electron chi connectivity index (χ3n) is 8.10. The third kappa shape index (κ3) is 8.73. The molecule has 0 spiro atoms.